The normalized spacial score (nSPS) is 16.3. The number of Topliss-reactive ketones (excluding diaryl/α,β-unsaturated/α-hetero) is 1. The fourth-order valence-corrected chi connectivity index (χ4v) is 0.638. The van der Waals surface area contributed by atoms with Gasteiger partial charge in [-0.05, 0) is 27.3 Å². The highest BCUT2D eigenvalue weighted by molar-refractivity contribution is 5.87. The van der Waals surface area contributed by atoms with Crippen LogP contribution in [0.5, 0.6) is 0 Å². The molecule has 0 aliphatic heterocycles. The van der Waals surface area contributed by atoms with Crippen LogP contribution in [0.2, 0.25) is 0 Å². The number of hydrogen-bond acceptors (Lipinski definition) is 5. The first-order valence-corrected chi connectivity index (χ1v) is 3.36. The van der Waals surface area contributed by atoms with Crippen LogP contribution in [0.1, 0.15) is 13.8 Å². The fraction of sp³-hybridized carbons (Fsp3) is 0.571. The van der Waals surface area contributed by atoms with E-state index in [4.69, 9.17) is 11.5 Å². The van der Waals surface area contributed by atoms with Crippen LogP contribution in [0, 0.1) is 0 Å². The smallest absolute Gasteiger partial charge is 0.225 e. The van der Waals surface area contributed by atoms with Crippen molar-refractivity contribution in [2.45, 2.75) is 25.2 Å². The minimum atomic E-state index is -1.54. The molecule has 0 aromatic carbocycles. The average Bonchev–Trinajstić information content (AvgIpc) is 2.02. The molecule has 0 amide bonds. The van der Waals surface area contributed by atoms with Gasteiger partial charge in [0.25, 0.3) is 0 Å². The van der Waals surface area contributed by atoms with E-state index < -0.39 is 11.3 Å². The molecular weight excluding hydrogens is 156 g/mol. The van der Waals surface area contributed by atoms with Gasteiger partial charge >= 0.3 is 0 Å². The molecule has 0 aliphatic carbocycles. The number of carbonyl (C=O) groups excluding carboxylic acids is 1. The van der Waals surface area contributed by atoms with Gasteiger partial charge in [-0.25, -0.2) is 0 Å². The molecule has 5 nitrogen and oxygen atoms in total. The summed E-state index contributed by atoms with van der Waals surface area (Å²) in [6.45, 7) is 9.18. The summed E-state index contributed by atoms with van der Waals surface area (Å²) in [5.41, 5.74) is 9.82. The van der Waals surface area contributed by atoms with Gasteiger partial charge in [0.1, 0.15) is 5.54 Å². The lowest BCUT2D eigenvalue weighted by atomic mass is 9.91. The van der Waals surface area contributed by atoms with Crippen molar-refractivity contribution in [1.29, 1.82) is 0 Å². The standard InChI is InChI=1S/C7H14N4O/c1-5(12)6(2,8)7(9,10-3)11-4/h3-4,8-9H2,1-2H3. The van der Waals surface area contributed by atoms with E-state index in [1.54, 1.807) is 0 Å². The fourth-order valence-electron chi connectivity index (χ4n) is 0.638. The molecule has 0 saturated carbocycles. The van der Waals surface area contributed by atoms with E-state index in [9.17, 15) is 4.79 Å². The molecule has 0 saturated heterocycles. The van der Waals surface area contributed by atoms with Gasteiger partial charge in [0.2, 0.25) is 5.79 Å². The maximum atomic E-state index is 11.0. The quantitative estimate of drug-likeness (QED) is 0.546. The Morgan fingerprint density at radius 1 is 1.33 bits per heavy atom. The number of nitrogens with two attached hydrogens (primary N) is 2. The van der Waals surface area contributed by atoms with Crippen LogP contribution in [-0.2, 0) is 4.79 Å². The molecule has 68 valence electrons. The maximum absolute atomic E-state index is 11.0. The third-order valence-electron chi connectivity index (χ3n) is 1.98. The predicted octanol–water partition coefficient (Wildman–Crippen LogP) is -0.694. The SMILES string of the molecule is C=NC(N)(N=C)C(C)(N)C(C)=O. The van der Waals surface area contributed by atoms with Gasteiger partial charge < -0.3 is 5.73 Å². The minimum Gasteiger partial charge on any atom is -0.314 e. The van der Waals surface area contributed by atoms with Crippen LogP contribution >= 0.6 is 0 Å². The van der Waals surface area contributed by atoms with Crippen LogP contribution in [0.25, 0.3) is 0 Å². The summed E-state index contributed by atoms with van der Waals surface area (Å²) in [5, 5.41) is 0. The number of hydrogen-bond donors (Lipinski definition) is 2. The highest BCUT2D eigenvalue weighted by Crippen LogP contribution is 2.19. The second-order valence-electron chi connectivity index (χ2n) is 2.80. The van der Waals surface area contributed by atoms with E-state index in [1.807, 2.05) is 0 Å². The van der Waals surface area contributed by atoms with Crippen LogP contribution < -0.4 is 11.5 Å². The number of carbonyl (C=O) groups is 1. The van der Waals surface area contributed by atoms with Gasteiger partial charge in [-0.2, -0.15) is 0 Å². The molecule has 0 fully saturated rings. The minimum absolute atomic E-state index is 0.315. The number of aliphatic imine (C=N–C) groups is 2. The van der Waals surface area contributed by atoms with E-state index in [2.05, 4.69) is 23.4 Å². The molecule has 5 heteroatoms. The molecule has 0 rings (SSSR count). The first-order chi connectivity index (χ1) is 5.31. The average molecular weight is 170 g/mol. The van der Waals surface area contributed by atoms with Crippen molar-refractivity contribution in [3.63, 3.8) is 0 Å². The van der Waals surface area contributed by atoms with Crippen molar-refractivity contribution in [2.24, 2.45) is 21.5 Å². The molecule has 0 radical (unpaired) electrons. The van der Waals surface area contributed by atoms with Crippen molar-refractivity contribution in [3.05, 3.63) is 0 Å². The predicted molar refractivity (Wildman–Crippen MR) is 49.3 cm³/mol. The number of nitrogens with zero attached hydrogens (tertiary/aromatic N) is 2. The summed E-state index contributed by atoms with van der Waals surface area (Å²) in [7, 11) is 0. The summed E-state index contributed by atoms with van der Waals surface area (Å²) >= 11 is 0. The van der Waals surface area contributed by atoms with Crippen LogP contribution in [0.4, 0.5) is 0 Å². The zero-order chi connectivity index (χ0) is 9.99. The first-order valence-electron chi connectivity index (χ1n) is 3.36. The van der Waals surface area contributed by atoms with Gasteiger partial charge in [-0.1, -0.05) is 0 Å². The Morgan fingerprint density at radius 2 is 1.67 bits per heavy atom. The van der Waals surface area contributed by atoms with Gasteiger partial charge in [-0.3, -0.25) is 20.5 Å². The molecule has 0 aromatic rings. The summed E-state index contributed by atoms with van der Waals surface area (Å²) in [6.07, 6.45) is 0. The Kier molecular flexibility index (Phi) is 2.84. The first kappa shape index (κ1) is 10.9. The molecule has 4 N–H and O–H groups in total. The lowest BCUT2D eigenvalue weighted by Crippen LogP contribution is -2.65. The second kappa shape index (κ2) is 3.12. The topological polar surface area (TPSA) is 93.8 Å². The Balaban J connectivity index is 5.09. The van der Waals surface area contributed by atoms with Crippen molar-refractivity contribution in [3.8, 4) is 0 Å². The van der Waals surface area contributed by atoms with Crippen LogP contribution in [0.15, 0.2) is 9.98 Å². The maximum Gasteiger partial charge on any atom is 0.225 e. The summed E-state index contributed by atoms with van der Waals surface area (Å²) in [4.78, 5) is 18.0. The lowest BCUT2D eigenvalue weighted by Gasteiger charge is -2.34. The van der Waals surface area contributed by atoms with E-state index in [-0.39, 0.29) is 5.78 Å². The molecule has 0 spiro atoms. The summed E-state index contributed by atoms with van der Waals surface area (Å²) in [6, 6.07) is 0. The van der Waals surface area contributed by atoms with Crippen molar-refractivity contribution in [2.75, 3.05) is 0 Å². The van der Waals surface area contributed by atoms with E-state index in [1.165, 1.54) is 13.8 Å². The molecule has 1 unspecified atom stereocenters. The van der Waals surface area contributed by atoms with E-state index in [0.717, 1.165) is 0 Å². The zero-order valence-electron chi connectivity index (χ0n) is 7.37. The number of ketones is 1. The third-order valence-corrected chi connectivity index (χ3v) is 1.98. The molecule has 0 bridgehead atoms. The van der Waals surface area contributed by atoms with Crippen molar-refractivity contribution < 1.29 is 4.79 Å². The largest absolute Gasteiger partial charge is 0.314 e. The molecule has 0 aliphatic rings. The third kappa shape index (κ3) is 1.41. The number of rotatable bonds is 4. The Labute approximate surface area is 71.6 Å². The Hall–Kier alpha value is -1.07. The highest BCUT2D eigenvalue weighted by atomic mass is 16.1. The molecule has 0 aromatic heterocycles. The molecular formula is C7H14N4O. The summed E-state index contributed by atoms with van der Waals surface area (Å²) in [5.74, 6) is -1.86. The monoisotopic (exact) mass is 170 g/mol. The van der Waals surface area contributed by atoms with E-state index >= 15 is 0 Å². The van der Waals surface area contributed by atoms with Gasteiger partial charge in [0.05, 0.1) is 0 Å². The van der Waals surface area contributed by atoms with Gasteiger partial charge in [-0.15, -0.1) is 0 Å². The van der Waals surface area contributed by atoms with Crippen molar-refractivity contribution >= 4 is 19.2 Å². The van der Waals surface area contributed by atoms with Gasteiger partial charge in [0.15, 0.2) is 5.78 Å². The van der Waals surface area contributed by atoms with Gasteiger partial charge in [0, 0.05) is 0 Å². The Morgan fingerprint density at radius 3 is 1.75 bits per heavy atom. The zero-order valence-corrected chi connectivity index (χ0v) is 7.37. The lowest BCUT2D eigenvalue weighted by molar-refractivity contribution is -0.123. The van der Waals surface area contributed by atoms with Crippen LogP contribution in [-0.4, -0.2) is 30.5 Å². The second-order valence-corrected chi connectivity index (χ2v) is 2.80. The summed E-state index contributed by atoms with van der Waals surface area (Å²) < 4.78 is 0. The van der Waals surface area contributed by atoms with E-state index in [0.29, 0.717) is 0 Å². The molecule has 12 heavy (non-hydrogen) atoms. The Bertz CT molecular complexity index is 213. The van der Waals surface area contributed by atoms with Crippen LogP contribution in [0.3, 0.4) is 0 Å². The highest BCUT2D eigenvalue weighted by Gasteiger charge is 2.45. The van der Waals surface area contributed by atoms with Crippen molar-refractivity contribution in [1.82, 2.24) is 0 Å². The molecule has 0 heterocycles. The molecule has 1 atom stereocenters.